The number of para-hydroxylation sites is 1. The van der Waals surface area contributed by atoms with Crippen molar-refractivity contribution in [2.75, 3.05) is 0 Å². The Morgan fingerprint density at radius 1 is 1.07 bits per heavy atom. The van der Waals surface area contributed by atoms with Gasteiger partial charge >= 0.3 is 0 Å². The summed E-state index contributed by atoms with van der Waals surface area (Å²) >= 11 is 1.47. The van der Waals surface area contributed by atoms with Crippen molar-refractivity contribution in [1.29, 1.82) is 0 Å². The van der Waals surface area contributed by atoms with E-state index in [1.54, 1.807) is 4.57 Å². The first kappa shape index (κ1) is 17.5. The smallest absolute Gasteiger partial charge is 0.266 e. The van der Waals surface area contributed by atoms with Gasteiger partial charge in [-0.3, -0.25) is 9.36 Å². The number of rotatable bonds is 4. The van der Waals surface area contributed by atoms with Crippen LogP contribution in [0.4, 0.5) is 0 Å². The molecule has 0 radical (unpaired) electrons. The summed E-state index contributed by atoms with van der Waals surface area (Å²) in [4.78, 5) is 18.0. The molecule has 0 spiro atoms. The molecule has 0 aliphatic carbocycles. The van der Waals surface area contributed by atoms with Crippen molar-refractivity contribution in [3.05, 3.63) is 81.5 Å². The highest BCUT2D eigenvalue weighted by atomic mass is 32.2. The molecule has 0 aliphatic heterocycles. The first-order valence-electron chi connectivity index (χ1n) is 8.67. The maximum absolute atomic E-state index is 13.3. The molecule has 27 heavy (non-hydrogen) atoms. The molecule has 0 saturated heterocycles. The van der Waals surface area contributed by atoms with Gasteiger partial charge in [0, 0.05) is 6.07 Å². The van der Waals surface area contributed by atoms with Crippen LogP contribution in [0.15, 0.2) is 63.0 Å². The van der Waals surface area contributed by atoms with Crippen molar-refractivity contribution in [2.45, 2.75) is 31.7 Å². The molecule has 0 unspecified atom stereocenters. The number of thioether (sulfide) groups is 1. The minimum atomic E-state index is -0.0659. The highest BCUT2D eigenvalue weighted by Crippen LogP contribution is 2.26. The van der Waals surface area contributed by atoms with Crippen LogP contribution in [0, 0.1) is 20.8 Å². The van der Waals surface area contributed by atoms with Gasteiger partial charge in [-0.15, -0.1) is 0 Å². The van der Waals surface area contributed by atoms with Crippen LogP contribution < -0.4 is 5.56 Å². The second kappa shape index (κ2) is 7.04. The molecule has 4 rings (SSSR count). The van der Waals surface area contributed by atoms with Crippen molar-refractivity contribution in [2.24, 2.45) is 0 Å². The third kappa shape index (κ3) is 3.40. The Kier molecular flexibility index (Phi) is 4.58. The highest BCUT2D eigenvalue weighted by Gasteiger charge is 2.15. The summed E-state index contributed by atoms with van der Waals surface area (Å²) < 4.78 is 7.00. The Morgan fingerprint density at radius 2 is 1.89 bits per heavy atom. The number of aromatic nitrogens is 3. The molecular formula is C21H19N3O2S. The summed E-state index contributed by atoms with van der Waals surface area (Å²) in [6, 6.07) is 15.4. The molecule has 0 fully saturated rings. The third-order valence-corrected chi connectivity index (χ3v) is 5.32. The van der Waals surface area contributed by atoms with Gasteiger partial charge in [0.15, 0.2) is 5.16 Å². The van der Waals surface area contributed by atoms with E-state index in [9.17, 15) is 4.79 Å². The predicted octanol–water partition coefficient (Wildman–Crippen LogP) is 4.59. The second-order valence-electron chi connectivity index (χ2n) is 6.57. The van der Waals surface area contributed by atoms with Crippen molar-refractivity contribution < 1.29 is 4.52 Å². The van der Waals surface area contributed by atoms with Gasteiger partial charge in [0.25, 0.3) is 5.56 Å². The van der Waals surface area contributed by atoms with Crippen LogP contribution in [0.5, 0.6) is 0 Å². The highest BCUT2D eigenvalue weighted by molar-refractivity contribution is 7.98. The van der Waals surface area contributed by atoms with Gasteiger partial charge in [-0.05, 0) is 44.5 Å². The largest absolute Gasteiger partial charge is 0.360 e. The van der Waals surface area contributed by atoms with Gasteiger partial charge in [-0.1, -0.05) is 46.7 Å². The van der Waals surface area contributed by atoms with E-state index in [0.29, 0.717) is 21.8 Å². The number of nitrogens with zero attached hydrogens (tertiary/aromatic N) is 3. The van der Waals surface area contributed by atoms with E-state index in [4.69, 9.17) is 9.51 Å². The molecule has 6 heteroatoms. The molecule has 5 nitrogen and oxygen atoms in total. The summed E-state index contributed by atoms with van der Waals surface area (Å²) in [5, 5.41) is 5.17. The monoisotopic (exact) mass is 377 g/mol. The molecule has 136 valence electrons. The van der Waals surface area contributed by atoms with Crippen molar-refractivity contribution in [3.8, 4) is 5.69 Å². The molecule has 2 aromatic heterocycles. The normalized spacial score (nSPS) is 11.2. The van der Waals surface area contributed by atoms with E-state index in [0.717, 1.165) is 28.3 Å². The molecule has 2 aromatic carbocycles. The number of fused-ring (bicyclic) bond motifs is 1. The fourth-order valence-corrected chi connectivity index (χ4v) is 3.98. The van der Waals surface area contributed by atoms with Crippen LogP contribution in [0.3, 0.4) is 0 Å². The van der Waals surface area contributed by atoms with Gasteiger partial charge in [0.2, 0.25) is 0 Å². The molecule has 0 amide bonds. The van der Waals surface area contributed by atoms with Gasteiger partial charge < -0.3 is 4.52 Å². The number of hydrogen-bond donors (Lipinski definition) is 0. The lowest BCUT2D eigenvalue weighted by atomic mass is 10.1. The van der Waals surface area contributed by atoms with Crippen molar-refractivity contribution >= 4 is 22.7 Å². The lowest BCUT2D eigenvalue weighted by Gasteiger charge is -2.15. The molecule has 0 aliphatic rings. The van der Waals surface area contributed by atoms with Gasteiger partial charge in [-0.2, -0.15) is 0 Å². The summed E-state index contributed by atoms with van der Waals surface area (Å²) in [6.07, 6.45) is 0. The zero-order valence-corrected chi connectivity index (χ0v) is 16.2. The summed E-state index contributed by atoms with van der Waals surface area (Å²) in [7, 11) is 0. The maximum Gasteiger partial charge on any atom is 0.266 e. The van der Waals surface area contributed by atoms with E-state index in [-0.39, 0.29) is 5.56 Å². The Bertz CT molecular complexity index is 1190. The Labute approximate surface area is 161 Å². The van der Waals surface area contributed by atoms with Crippen LogP contribution in [0.25, 0.3) is 16.6 Å². The lowest BCUT2D eigenvalue weighted by molar-refractivity contribution is 0.391. The fourth-order valence-electron chi connectivity index (χ4n) is 3.10. The van der Waals surface area contributed by atoms with E-state index >= 15 is 0 Å². The molecule has 0 atom stereocenters. The molecule has 4 aromatic rings. The van der Waals surface area contributed by atoms with Gasteiger partial charge in [0.05, 0.1) is 28.0 Å². The average molecular weight is 377 g/mol. The van der Waals surface area contributed by atoms with E-state index in [1.807, 2.05) is 63.2 Å². The minimum absolute atomic E-state index is 0.0659. The molecule has 0 N–H and O–H groups in total. The zero-order chi connectivity index (χ0) is 19.0. The SMILES string of the molecule is Cc1ccc(-n2c(SCc3cc(C)no3)nc3ccccc3c2=O)c(C)c1. The number of benzene rings is 2. The Balaban J connectivity index is 1.88. The van der Waals surface area contributed by atoms with Gasteiger partial charge in [-0.25, -0.2) is 4.98 Å². The topological polar surface area (TPSA) is 60.9 Å². The summed E-state index contributed by atoms with van der Waals surface area (Å²) in [6.45, 7) is 5.94. The molecule has 0 saturated carbocycles. The van der Waals surface area contributed by atoms with Gasteiger partial charge in [0.1, 0.15) is 5.76 Å². The van der Waals surface area contributed by atoms with Crippen LogP contribution >= 0.6 is 11.8 Å². The fraction of sp³-hybridized carbons (Fsp3) is 0.190. The first-order valence-corrected chi connectivity index (χ1v) is 9.66. The van der Waals surface area contributed by atoms with Crippen LogP contribution in [-0.4, -0.2) is 14.7 Å². The first-order chi connectivity index (χ1) is 13.0. The van der Waals surface area contributed by atoms with E-state index in [2.05, 4.69) is 11.2 Å². The van der Waals surface area contributed by atoms with E-state index < -0.39 is 0 Å². The quantitative estimate of drug-likeness (QED) is 0.384. The van der Waals surface area contributed by atoms with E-state index in [1.165, 1.54) is 11.8 Å². The molecule has 0 bridgehead atoms. The number of hydrogen-bond acceptors (Lipinski definition) is 5. The molecular weight excluding hydrogens is 358 g/mol. The minimum Gasteiger partial charge on any atom is -0.360 e. The van der Waals surface area contributed by atoms with Crippen LogP contribution in [0.2, 0.25) is 0 Å². The lowest BCUT2D eigenvalue weighted by Crippen LogP contribution is -2.22. The molecule has 2 heterocycles. The van der Waals surface area contributed by atoms with Crippen molar-refractivity contribution in [1.82, 2.24) is 14.7 Å². The standard InChI is InChI=1S/C21H19N3O2S/c1-13-8-9-19(14(2)10-13)24-20(25)17-6-4-5-7-18(17)22-21(24)27-12-16-11-15(3)23-26-16/h4-11H,12H2,1-3H3. The predicted molar refractivity (Wildman–Crippen MR) is 108 cm³/mol. The average Bonchev–Trinajstić information content (AvgIpc) is 3.06. The Morgan fingerprint density at radius 3 is 2.63 bits per heavy atom. The third-order valence-electron chi connectivity index (χ3n) is 4.36. The van der Waals surface area contributed by atoms with Crippen LogP contribution in [0.1, 0.15) is 22.6 Å². The maximum atomic E-state index is 13.3. The second-order valence-corrected chi connectivity index (χ2v) is 7.51. The van der Waals surface area contributed by atoms with Crippen LogP contribution in [-0.2, 0) is 5.75 Å². The van der Waals surface area contributed by atoms with Crippen molar-refractivity contribution in [3.63, 3.8) is 0 Å². The summed E-state index contributed by atoms with van der Waals surface area (Å²) in [5.41, 5.74) is 4.50. The summed E-state index contributed by atoms with van der Waals surface area (Å²) in [5.74, 6) is 1.31. The zero-order valence-electron chi connectivity index (χ0n) is 15.4. The number of aryl methyl sites for hydroxylation is 3. The Hall–Kier alpha value is -2.86.